The van der Waals surface area contributed by atoms with Gasteiger partial charge in [0, 0.05) is 35.4 Å². The lowest BCUT2D eigenvalue weighted by molar-refractivity contribution is 0.241. The van der Waals surface area contributed by atoms with Gasteiger partial charge in [0.1, 0.15) is 0 Å². The molecule has 2 N–H and O–H groups in total. The molecule has 3 aromatic rings. The molecule has 0 aliphatic heterocycles. The predicted octanol–water partition coefficient (Wildman–Crippen LogP) is 6.32. The maximum Gasteiger partial charge on any atom is 0.173 e. The van der Waals surface area contributed by atoms with Crippen LogP contribution in [-0.2, 0) is 6.54 Å². The smallest absolute Gasteiger partial charge is 0.173 e. The highest BCUT2D eigenvalue weighted by atomic mass is 32.1. The third-order valence-corrected chi connectivity index (χ3v) is 6.34. The standard InChI is InChI=1S/C24H29N3S/c1-17-9-8-10-18(2)23(17)26-24(28)27(20-11-4-3-5-12-20)16-19-15-25-22-14-7-6-13-21(19)22/h6-10,13-15,20,25H,3-5,11-12,16H2,1-2H3,(H,26,28). The van der Waals surface area contributed by atoms with Crippen LogP contribution in [0.5, 0.6) is 0 Å². The number of aromatic amines is 1. The van der Waals surface area contributed by atoms with E-state index in [4.69, 9.17) is 12.2 Å². The number of anilines is 1. The first-order chi connectivity index (χ1) is 13.6. The highest BCUT2D eigenvalue weighted by molar-refractivity contribution is 7.80. The van der Waals surface area contributed by atoms with Crippen LogP contribution in [-0.4, -0.2) is 21.0 Å². The number of hydrogen-bond donors (Lipinski definition) is 2. The predicted molar refractivity (Wildman–Crippen MR) is 123 cm³/mol. The van der Waals surface area contributed by atoms with Crippen molar-refractivity contribution in [3.8, 4) is 0 Å². The monoisotopic (exact) mass is 391 g/mol. The summed E-state index contributed by atoms with van der Waals surface area (Å²) in [6.07, 6.45) is 8.51. The maximum absolute atomic E-state index is 5.96. The number of hydrogen-bond acceptors (Lipinski definition) is 1. The molecule has 0 saturated heterocycles. The van der Waals surface area contributed by atoms with Crippen molar-refractivity contribution >= 4 is 33.9 Å². The molecule has 0 bridgehead atoms. The van der Waals surface area contributed by atoms with Crippen LogP contribution in [0.1, 0.15) is 48.8 Å². The second kappa shape index (κ2) is 8.36. The minimum atomic E-state index is 0.506. The van der Waals surface area contributed by atoms with E-state index in [0.29, 0.717) is 6.04 Å². The first-order valence-corrected chi connectivity index (χ1v) is 10.7. The Balaban J connectivity index is 1.62. The third-order valence-electron chi connectivity index (χ3n) is 6.00. The van der Waals surface area contributed by atoms with Gasteiger partial charge in [-0.3, -0.25) is 0 Å². The van der Waals surface area contributed by atoms with Gasteiger partial charge in [-0.15, -0.1) is 0 Å². The van der Waals surface area contributed by atoms with E-state index in [2.05, 4.69) is 77.7 Å². The van der Waals surface area contributed by atoms with Crippen molar-refractivity contribution in [3.05, 3.63) is 65.4 Å². The quantitative estimate of drug-likeness (QED) is 0.511. The Hall–Kier alpha value is -2.33. The van der Waals surface area contributed by atoms with Gasteiger partial charge in [0.2, 0.25) is 0 Å². The molecule has 4 heteroatoms. The van der Waals surface area contributed by atoms with Crippen LogP contribution in [0.4, 0.5) is 5.69 Å². The molecule has 1 aromatic heterocycles. The van der Waals surface area contributed by atoms with Crippen LogP contribution in [0.2, 0.25) is 0 Å². The van der Waals surface area contributed by atoms with Crippen LogP contribution in [0.15, 0.2) is 48.7 Å². The van der Waals surface area contributed by atoms with Gasteiger partial charge >= 0.3 is 0 Å². The van der Waals surface area contributed by atoms with Gasteiger partial charge in [-0.05, 0) is 61.7 Å². The molecule has 1 aliphatic carbocycles. The number of thiocarbonyl (C=S) groups is 1. The Morgan fingerprint density at radius 3 is 2.50 bits per heavy atom. The van der Waals surface area contributed by atoms with Crippen molar-refractivity contribution in [1.29, 1.82) is 0 Å². The van der Waals surface area contributed by atoms with Gasteiger partial charge in [0.15, 0.2) is 5.11 Å². The van der Waals surface area contributed by atoms with E-state index in [1.807, 2.05) is 0 Å². The second-order valence-electron chi connectivity index (χ2n) is 7.98. The fourth-order valence-electron chi connectivity index (χ4n) is 4.40. The number of para-hydroxylation sites is 2. The number of rotatable bonds is 4. The molecule has 1 heterocycles. The minimum absolute atomic E-state index is 0.506. The molecule has 1 fully saturated rings. The SMILES string of the molecule is Cc1cccc(C)c1NC(=S)N(Cc1c[nH]c2ccccc12)C1CCCCC1. The Morgan fingerprint density at radius 1 is 1.04 bits per heavy atom. The minimum Gasteiger partial charge on any atom is -0.361 e. The molecule has 2 aromatic carbocycles. The van der Waals surface area contributed by atoms with Crippen molar-refractivity contribution in [3.63, 3.8) is 0 Å². The van der Waals surface area contributed by atoms with E-state index in [9.17, 15) is 0 Å². The van der Waals surface area contributed by atoms with Gasteiger partial charge in [0.25, 0.3) is 0 Å². The first-order valence-electron chi connectivity index (χ1n) is 10.3. The van der Waals surface area contributed by atoms with Crippen molar-refractivity contribution < 1.29 is 0 Å². The average molecular weight is 392 g/mol. The molecule has 146 valence electrons. The molecule has 1 aliphatic rings. The molecule has 28 heavy (non-hydrogen) atoms. The topological polar surface area (TPSA) is 31.1 Å². The van der Waals surface area contributed by atoms with E-state index in [0.717, 1.165) is 17.3 Å². The highest BCUT2D eigenvalue weighted by Gasteiger charge is 2.25. The van der Waals surface area contributed by atoms with Crippen LogP contribution >= 0.6 is 12.2 Å². The number of fused-ring (bicyclic) bond motifs is 1. The largest absolute Gasteiger partial charge is 0.361 e. The number of H-pyrrole nitrogens is 1. The molecular weight excluding hydrogens is 362 g/mol. The van der Waals surface area contributed by atoms with Crippen molar-refractivity contribution in [2.75, 3.05) is 5.32 Å². The molecule has 4 rings (SSSR count). The van der Waals surface area contributed by atoms with Crippen LogP contribution in [0.3, 0.4) is 0 Å². The molecular formula is C24H29N3S. The van der Waals surface area contributed by atoms with Crippen LogP contribution in [0.25, 0.3) is 10.9 Å². The fraction of sp³-hybridized carbons (Fsp3) is 0.375. The second-order valence-corrected chi connectivity index (χ2v) is 8.36. The first kappa shape index (κ1) is 19.0. The fourth-order valence-corrected chi connectivity index (χ4v) is 4.71. The lowest BCUT2D eigenvalue weighted by atomic mass is 9.94. The van der Waals surface area contributed by atoms with Crippen LogP contribution in [0, 0.1) is 13.8 Å². The molecule has 0 amide bonds. The van der Waals surface area contributed by atoms with Gasteiger partial charge in [0.05, 0.1) is 0 Å². The number of nitrogens with zero attached hydrogens (tertiary/aromatic N) is 1. The highest BCUT2D eigenvalue weighted by Crippen LogP contribution is 2.28. The van der Waals surface area contributed by atoms with E-state index in [-0.39, 0.29) is 0 Å². The Kier molecular flexibility index (Phi) is 5.67. The third kappa shape index (κ3) is 3.93. The van der Waals surface area contributed by atoms with Gasteiger partial charge in [-0.1, -0.05) is 55.7 Å². The molecule has 1 saturated carbocycles. The van der Waals surface area contributed by atoms with Gasteiger partial charge < -0.3 is 15.2 Å². The summed E-state index contributed by atoms with van der Waals surface area (Å²) >= 11 is 5.96. The van der Waals surface area contributed by atoms with E-state index < -0.39 is 0 Å². The summed E-state index contributed by atoms with van der Waals surface area (Å²) in [5.41, 5.74) is 6.12. The van der Waals surface area contributed by atoms with E-state index in [1.54, 1.807) is 0 Å². The zero-order valence-electron chi connectivity index (χ0n) is 16.8. The number of aryl methyl sites for hydroxylation is 2. The summed E-state index contributed by atoms with van der Waals surface area (Å²) in [4.78, 5) is 5.84. The molecule has 0 unspecified atom stereocenters. The molecule has 3 nitrogen and oxygen atoms in total. The normalized spacial score (nSPS) is 14.9. The number of aromatic nitrogens is 1. The summed E-state index contributed by atoms with van der Waals surface area (Å²) in [5, 5.41) is 5.72. The molecule has 0 atom stereocenters. The van der Waals surface area contributed by atoms with Crippen molar-refractivity contribution in [1.82, 2.24) is 9.88 Å². The Morgan fingerprint density at radius 2 is 1.75 bits per heavy atom. The maximum atomic E-state index is 5.96. The summed E-state index contributed by atoms with van der Waals surface area (Å²) < 4.78 is 0. The Labute approximate surface area is 173 Å². The van der Waals surface area contributed by atoms with Gasteiger partial charge in [-0.25, -0.2) is 0 Å². The summed E-state index contributed by atoms with van der Waals surface area (Å²) in [5.74, 6) is 0. The van der Waals surface area contributed by atoms with E-state index >= 15 is 0 Å². The zero-order chi connectivity index (χ0) is 19.5. The lowest BCUT2D eigenvalue weighted by Crippen LogP contribution is -2.43. The van der Waals surface area contributed by atoms with Crippen LogP contribution < -0.4 is 5.32 Å². The summed E-state index contributed by atoms with van der Waals surface area (Å²) in [7, 11) is 0. The number of nitrogens with one attached hydrogen (secondary N) is 2. The number of benzene rings is 2. The summed E-state index contributed by atoms with van der Waals surface area (Å²) in [6.45, 7) is 5.12. The van der Waals surface area contributed by atoms with Gasteiger partial charge in [-0.2, -0.15) is 0 Å². The van der Waals surface area contributed by atoms with E-state index in [1.165, 1.54) is 59.7 Å². The summed E-state index contributed by atoms with van der Waals surface area (Å²) in [6, 6.07) is 15.4. The lowest BCUT2D eigenvalue weighted by Gasteiger charge is -2.36. The molecule has 0 spiro atoms. The average Bonchev–Trinajstić information content (AvgIpc) is 3.12. The van der Waals surface area contributed by atoms with Crippen molar-refractivity contribution in [2.45, 2.75) is 58.5 Å². The Bertz CT molecular complexity index is 949. The zero-order valence-corrected chi connectivity index (χ0v) is 17.6. The van der Waals surface area contributed by atoms with Crippen molar-refractivity contribution in [2.24, 2.45) is 0 Å². The molecule has 0 radical (unpaired) electrons.